The molecular weight excluding hydrogens is 606 g/mol. The first-order chi connectivity index (χ1) is 22.4. The first-order valence-corrected chi connectivity index (χ1v) is 16.9. The van der Waals surface area contributed by atoms with Gasteiger partial charge in [-0.15, -0.1) is 0 Å². The number of aliphatic hydroxyl groups is 1. The van der Waals surface area contributed by atoms with E-state index < -0.39 is 48.2 Å². The quantitative estimate of drug-likeness (QED) is 0.110. The summed E-state index contributed by atoms with van der Waals surface area (Å²) in [6.45, 7) is 9.91. The van der Waals surface area contributed by atoms with Crippen LogP contribution in [0.2, 0.25) is 0 Å². The lowest BCUT2D eigenvalue weighted by Gasteiger charge is -2.35. The van der Waals surface area contributed by atoms with E-state index in [0.29, 0.717) is 18.9 Å². The molecule has 4 atom stereocenters. The van der Waals surface area contributed by atoms with E-state index in [-0.39, 0.29) is 38.2 Å². The Bertz CT molecular complexity index is 1080. The molecule has 47 heavy (non-hydrogen) atoms. The molecule has 0 heterocycles. The lowest BCUT2D eigenvalue weighted by atomic mass is 9.89. The van der Waals surface area contributed by atoms with Crippen LogP contribution in [0.5, 0.6) is 0 Å². The summed E-state index contributed by atoms with van der Waals surface area (Å²) in [6.07, 6.45) is 3.13. The van der Waals surface area contributed by atoms with Gasteiger partial charge in [-0.05, 0) is 49.5 Å². The van der Waals surface area contributed by atoms with Crippen molar-refractivity contribution in [1.82, 2.24) is 26.4 Å². The number of hydrogen-bond donors (Lipinski definition) is 5. The fourth-order valence-corrected chi connectivity index (χ4v) is 5.61. The summed E-state index contributed by atoms with van der Waals surface area (Å²) in [4.78, 5) is 51.7. The van der Waals surface area contributed by atoms with E-state index in [2.05, 4.69) is 21.4 Å². The van der Waals surface area contributed by atoms with E-state index in [1.807, 2.05) is 58.0 Å². The van der Waals surface area contributed by atoms with Crippen LogP contribution < -0.4 is 21.4 Å². The first-order valence-electron chi connectivity index (χ1n) is 16.9. The molecule has 1 aliphatic rings. The summed E-state index contributed by atoms with van der Waals surface area (Å²) < 4.78 is 15.0. The molecule has 0 spiro atoms. The summed E-state index contributed by atoms with van der Waals surface area (Å²) in [5, 5.41) is 21.7. The monoisotopic (exact) mass is 663 g/mol. The van der Waals surface area contributed by atoms with Crippen LogP contribution in [-0.4, -0.2) is 98.4 Å². The SMILES string of the molecule is CCOC(=O)N[C@H](C(=O)N[C@@H](Cc1ccccc1)[C@@H](O)CN(CC1CCCCC1)NC(=O)[C@@H](NC(=O)OCCOC)C(C)C)C(C)C. The van der Waals surface area contributed by atoms with Crippen molar-refractivity contribution in [3.8, 4) is 0 Å². The Balaban J connectivity index is 2.28. The lowest BCUT2D eigenvalue weighted by Crippen LogP contribution is -2.60. The molecule has 266 valence electrons. The van der Waals surface area contributed by atoms with Crippen molar-refractivity contribution < 1.29 is 38.5 Å². The Morgan fingerprint density at radius 3 is 2.02 bits per heavy atom. The lowest BCUT2D eigenvalue weighted by molar-refractivity contribution is -0.131. The number of hydrogen-bond acceptors (Lipinski definition) is 9. The second-order valence-corrected chi connectivity index (χ2v) is 12.8. The Kier molecular flexibility index (Phi) is 18.1. The van der Waals surface area contributed by atoms with Crippen LogP contribution >= 0.6 is 0 Å². The molecule has 0 bridgehead atoms. The van der Waals surface area contributed by atoms with Gasteiger partial charge in [0.15, 0.2) is 0 Å². The Morgan fingerprint density at radius 1 is 0.851 bits per heavy atom. The molecule has 13 nitrogen and oxygen atoms in total. The highest BCUT2D eigenvalue weighted by Crippen LogP contribution is 2.24. The number of hydrazine groups is 1. The minimum Gasteiger partial charge on any atom is -0.450 e. The zero-order valence-corrected chi connectivity index (χ0v) is 29.0. The maximum absolute atomic E-state index is 13.6. The normalized spacial score (nSPS) is 16.2. The smallest absolute Gasteiger partial charge is 0.407 e. The topological polar surface area (TPSA) is 168 Å². The van der Waals surface area contributed by atoms with E-state index in [1.165, 1.54) is 7.11 Å². The van der Waals surface area contributed by atoms with Crippen LogP contribution in [-0.2, 0) is 30.2 Å². The van der Waals surface area contributed by atoms with Gasteiger partial charge in [-0.1, -0.05) is 77.3 Å². The molecule has 1 saturated carbocycles. The van der Waals surface area contributed by atoms with Gasteiger partial charge in [0, 0.05) is 20.2 Å². The van der Waals surface area contributed by atoms with Crippen molar-refractivity contribution in [1.29, 1.82) is 0 Å². The number of alkyl carbamates (subject to hydrolysis) is 2. The third-order valence-corrected chi connectivity index (χ3v) is 8.21. The molecule has 1 aliphatic carbocycles. The maximum Gasteiger partial charge on any atom is 0.407 e. The van der Waals surface area contributed by atoms with E-state index >= 15 is 0 Å². The summed E-state index contributed by atoms with van der Waals surface area (Å²) in [6, 6.07) is 6.94. The third-order valence-electron chi connectivity index (χ3n) is 8.21. The van der Waals surface area contributed by atoms with Gasteiger partial charge in [-0.2, -0.15) is 0 Å². The number of carbonyl (C=O) groups is 4. The van der Waals surface area contributed by atoms with Gasteiger partial charge in [-0.3, -0.25) is 15.0 Å². The highest BCUT2D eigenvalue weighted by Gasteiger charge is 2.33. The minimum absolute atomic E-state index is 0.0147. The zero-order chi connectivity index (χ0) is 34.8. The molecule has 2 rings (SSSR count). The van der Waals surface area contributed by atoms with Gasteiger partial charge in [-0.25, -0.2) is 14.6 Å². The number of methoxy groups -OCH3 is 1. The summed E-state index contributed by atoms with van der Waals surface area (Å²) in [5.74, 6) is -1.09. The molecule has 0 radical (unpaired) electrons. The van der Waals surface area contributed by atoms with Gasteiger partial charge in [0.05, 0.1) is 25.4 Å². The second kappa shape index (κ2) is 21.5. The Morgan fingerprint density at radius 2 is 1.45 bits per heavy atom. The molecule has 0 saturated heterocycles. The highest BCUT2D eigenvalue weighted by atomic mass is 16.6. The average Bonchev–Trinajstić information content (AvgIpc) is 3.03. The van der Waals surface area contributed by atoms with Crippen molar-refractivity contribution >= 4 is 24.0 Å². The van der Waals surface area contributed by atoms with Crippen molar-refractivity contribution in [2.75, 3.05) is 40.0 Å². The molecule has 1 aromatic carbocycles. The van der Waals surface area contributed by atoms with Crippen LogP contribution in [0, 0.1) is 17.8 Å². The summed E-state index contributed by atoms with van der Waals surface area (Å²) in [5.41, 5.74) is 3.85. The van der Waals surface area contributed by atoms with E-state index in [9.17, 15) is 24.3 Å². The van der Waals surface area contributed by atoms with E-state index in [0.717, 1.165) is 37.7 Å². The number of nitrogens with zero attached hydrogens (tertiary/aromatic N) is 1. The Labute approximate surface area is 279 Å². The van der Waals surface area contributed by atoms with Crippen molar-refractivity contribution in [2.45, 2.75) is 97.4 Å². The molecule has 13 heteroatoms. The molecule has 0 aromatic heterocycles. The summed E-state index contributed by atoms with van der Waals surface area (Å²) in [7, 11) is 1.50. The fraction of sp³-hybridized carbons (Fsp3) is 0.706. The Hall–Kier alpha value is -3.42. The third kappa shape index (κ3) is 14.9. The number of benzene rings is 1. The van der Waals surface area contributed by atoms with Gasteiger partial charge in [0.2, 0.25) is 5.91 Å². The van der Waals surface area contributed by atoms with E-state index in [1.54, 1.807) is 11.9 Å². The molecule has 5 N–H and O–H groups in total. The van der Waals surface area contributed by atoms with Crippen LogP contribution in [0.4, 0.5) is 9.59 Å². The van der Waals surface area contributed by atoms with E-state index in [4.69, 9.17) is 14.2 Å². The standard InChI is InChI=1S/C34H57N5O8/c1-7-46-33(43)36-29(23(2)3)31(41)35-27(20-25-14-10-8-11-15-25)28(40)22-39(21-26-16-12-9-13-17-26)38-32(42)30(24(4)5)37-34(44)47-19-18-45-6/h8,10-11,14-15,23-24,26-30,40H,7,9,12-13,16-22H2,1-6H3,(H,35,41)(H,36,43)(H,37,44)(H,38,42)/t27-,28-,29-,30-/m0/s1. The molecule has 1 fully saturated rings. The molecule has 1 aromatic rings. The molecule has 0 aliphatic heterocycles. The number of rotatable bonds is 19. The summed E-state index contributed by atoms with van der Waals surface area (Å²) >= 11 is 0. The van der Waals surface area contributed by atoms with Crippen LogP contribution in [0.15, 0.2) is 30.3 Å². The number of nitrogens with one attached hydrogen (secondary N) is 4. The number of aliphatic hydroxyl groups excluding tert-OH is 1. The zero-order valence-electron chi connectivity index (χ0n) is 29.0. The van der Waals surface area contributed by atoms with Gasteiger partial charge < -0.3 is 35.3 Å². The van der Waals surface area contributed by atoms with Crippen molar-refractivity contribution in [3.05, 3.63) is 35.9 Å². The number of amides is 4. The molecule has 0 unspecified atom stereocenters. The fourth-order valence-electron chi connectivity index (χ4n) is 5.61. The average molecular weight is 664 g/mol. The van der Waals surface area contributed by atoms with Crippen LogP contribution in [0.3, 0.4) is 0 Å². The number of carbonyl (C=O) groups excluding carboxylic acids is 4. The second-order valence-electron chi connectivity index (χ2n) is 12.8. The largest absolute Gasteiger partial charge is 0.450 e. The molecule has 4 amide bonds. The molecular formula is C34H57N5O8. The van der Waals surface area contributed by atoms with Crippen molar-refractivity contribution in [2.24, 2.45) is 17.8 Å². The predicted octanol–water partition coefficient (Wildman–Crippen LogP) is 3.16. The van der Waals surface area contributed by atoms with Crippen LogP contribution in [0.1, 0.15) is 72.3 Å². The minimum atomic E-state index is -1.11. The maximum atomic E-state index is 13.6. The van der Waals surface area contributed by atoms with Crippen LogP contribution in [0.25, 0.3) is 0 Å². The van der Waals surface area contributed by atoms with Gasteiger partial charge in [0.25, 0.3) is 5.91 Å². The first kappa shape index (κ1) is 39.8. The number of ether oxygens (including phenoxy) is 3. The van der Waals surface area contributed by atoms with Crippen molar-refractivity contribution in [3.63, 3.8) is 0 Å². The highest BCUT2D eigenvalue weighted by molar-refractivity contribution is 5.86. The van der Waals surface area contributed by atoms with Gasteiger partial charge >= 0.3 is 12.2 Å². The van der Waals surface area contributed by atoms with Gasteiger partial charge in [0.1, 0.15) is 18.7 Å². The predicted molar refractivity (Wildman–Crippen MR) is 178 cm³/mol.